The van der Waals surface area contributed by atoms with Gasteiger partial charge in [0.25, 0.3) is 0 Å². The summed E-state index contributed by atoms with van der Waals surface area (Å²) in [7, 11) is 3.21. The average molecular weight is 501 g/mol. The van der Waals surface area contributed by atoms with Crippen molar-refractivity contribution in [2.75, 3.05) is 19.1 Å². The summed E-state index contributed by atoms with van der Waals surface area (Å²) in [5.41, 5.74) is 3.44. The van der Waals surface area contributed by atoms with Gasteiger partial charge in [0.1, 0.15) is 17.5 Å². The van der Waals surface area contributed by atoms with Gasteiger partial charge in [0.05, 0.1) is 37.2 Å². The van der Waals surface area contributed by atoms with E-state index >= 15 is 0 Å². The van der Waals surface area contributed by atoms with Gasteiger partial charge in [-0.3, -0.25) is 4.98 Å². The lowest BCUT2D eigenvalue weighted by Gasteiger charge is -2.30. The number of carbonyl (C=O) groups is 1. The van der Waals surface area contributed by atoms with Crippen LogP contribution in [0.3, 0.4) is 0 Å². The van der Waals surface area contributed by atoms with Crippen molar-refractivity contribution in [1.82, 2.24) is 14.9 Å². The van der Waals surface area contributed by atoms with E-state index < -0.39 is 5.97 Å². The monoisotopic (exact) mass is 500 g/mol. The van der Waals surface area contributed by atoms with E-state index in [4.69, 9.17) is 21.7 Å². The number of nitrogens with one attached hydrogen (secondary N) is 1. The number of rotatable bonds is 7. The molecule has 3 heterocycles. The molecule has 1 aliphatic heterocycles. The number of hydrogen-bond donors (Lipinski definition) is 2. The standard InChI is InChI=1S/C27H24N4O4S/c1-34-19-11-12-21(23(16-19)35-2)31-25(24(29-27(31)36)20-9-3-4-13-28-20)22-10-6-14-30(22)18-8-5-7-17(15-18)26(32)33/h3-16,24-25H,1-2H3,(H,29,36)(H,32,33)/t24-,25+/m0/s1. The van der Waals surface area contributed by atoms with E-state index in [-0.39, 0.29) is 17.6 Å². The minimum absolute atomic E-state index is 0.210. The molecule has 182 valence electrons. The zero-order valence-electron chi connectivity index (χ0n) is 19.7. The molecule has 2 aromatic heterocycles. The highest BCUT2D eigenvalue weighted by Crippen LogP contribution is 2.45. The molecule has 0 bridgehead atoms. The van der Waals surface area contributed by atoms with Crippen molar-refractivity contribution < 1.29 is 19.4 Å². The van der Waals surface area contributed by atoms with Crippen LogP contribution in [0.15, 0.2) is 85.2 Å². The Balaban J connectivity index is 1.69. The predicted octanol–water partition coefficient (Wildman–Crippen LogP) is 4.76. The summed E-state index contributed by atoms with van der Waals surface area (Å²) in [6, 6.07) is 21.6. The van der Waals surface area contributed by atoms with E-state index in [1.165, 1.54) is 0 Å². The van der Waals surface area contributed by atoms with Gasteiger partial charge in [-0.2, -0.15) is 0 Å². The van der Waals surface area contributed by atoms with Gasteiger partial charge >= 0.3 is 5.97 Å². The van der Waals surface area contributed by atoms with Crippen LogP contribution in [0.25, 0.3) is 5.69 Å². The maximum atomic E-state index is 11.6. The molecule has 1 fully saturated rings. The van der Waals surface area contributed by atoms with Crippen LogP contribution in [0.4, 0.5) is 5.69 Å². The number of aromatic nitrogens is 2. The molecule has 4 aromatic rings. The minimum atomic E-state index is -0.981. The second kappa shape index (κ2) is 9.71. The van der Waals surface area contributed by atoms with Crippen molar-refractivity contribution in [3.8, 4) is 17.2 Å². The third-order valence-corrected chi connectivity index (χ3v) is 6.51. The number of ether oxygens (including phenoxy) is 2. The molecular formula is C27H24N4O4S. The van der Waals surface area contributed by atoms with Crippen LogP contribution in [-0.4, -0.2) is 40.0 Å². The van der Waals surface area contributed by atoms with Gasteiger partial charge in [-0.15, -0.1) is 0 Å². The third-order valence-electron chi connectivity index (χ3n) is 6.20. The van der Waals surface area contributed by atoms with Crippen LogP contribution < -0.4 is 19.7 Å². The molecule has 9 heteroatoms. The van der Waals surface area contributed by atoms with Crippen LogP contribution in [0.1, 0.15) is 33.8 Å². The second-order valence-corrected chi connectivity index (χ2v) is 8.58. The number of pyridine rings is 1. The number of benzene rings is 2. The molecule has 1 aliphatic rings. The Kier molecular flexibility index (Phi) is 6.30. The molecule has 2 aromatic carbocycles. The van der Waals surface area contributed by atoms with Crippen molar-refractivity contribution in [3.05, 3.63) is 102 Å². The fraction of sp³-hybridized carbons (Fsp3) is 0.148. The van der Waals surface area contributed by atoms with Gasteiger partial charge in [0.2, 0.25) is 0 Å². The van der Waals surface area contributed by atoms with Crippen LogP contribution in [0.5, 0.6) is 11.5 Å². The van der Waals surface area contributed by atoms with Crippen molar-refractivity contribution in [2.45, 2.75) is 12.1 Å². The first-order valence-corrected chi connectivity index (χ1v) is 11.7. The van der Waals surface area contributed by atoms with E-state index in [0.717, 1.165) is 22.8 Å². The number of hydrogen-bond acceptors (Lipinski definition) is 5. The predicted molar refractivity (Wildman–Crippen MR) is 140 cm³/mol. The summed E-state index contributed by atoms with van der Waals surface area (Å²) in [6.07, 6.45) is 3.67. The molecule has 2 N–H and O–H groups in total. The number of carboxylic acids is 1. The SMILES string of the molecule is COc1ccc(N2C(=S)N[C@@H](c3ccccn3)[C@H]2c2cccn2-c2cccc(C(=O)O)c2)c(OC)c1. The first-order chi connectivity index (χ1) is 17.5. The zero-order valence-corrected chi connectivity index (χ0v) is 20.5. The minimum Gasteiger partial charge on any atom is -0.497 e. The maximum absolute atomic E-state index is 11.6. The van der Waals surface area contributed by atoms with Gasteiger partial charge in [0.15, 0.2) is 5.11 Å². The molecular weight excluding hydrogens is 476 g/mol. The van der Waals surface area contributed by atoms with E-state index in [0.29, 0.717) is 16.6 Å². The molecule has 0 spiro atoms. The largest absolute Gasteiger partial charge is 0.497 e. The number of nitrogens with zero attached hydrogens (tertiary/aromatic N) is 3. The maximum Gasteiger partial charge on any atom is 0.335 e. The smallest absolute Gasteiger partial charge is 0.335 e. The van der Waals surface area contributed by atoms with Crippen LogP contribution in [0.2, 0.25) is 0 Å². The Morgan fingerprint density at radius 3 is 2.61 bits per heavy atom. The Bertz CT molecular complexity index is 1420. The Labute approximate surface area is 213 Å². The van der Waals surface area contributed by atoms with E-state index in [2.05, 4.69) is 10.3 Å². The number of anilines is 1. The zero-order chi connectivity index (χ0) is 25.2. The van der Waals surface area contributed by atoms with Gasteiger partial charge in [-0.1, -0.05) is 12.1 Å². The Hall–Kier alpha value is -4.37. The molecule has 0 saturated carbocycles. The lowest BCUT2D eigenvalue weighted by molar-refractivity contribution is 0.0697. The highest BCUT2D eigenvalue weighted by atomic mass is 32.1. The molecule has 2 atom stereocenters. The molecule has 0 amide bonds. The van der Waals surface area contributed by atoms with E-state index in [1.807, 2.05) is 70.3 Å². The van der Waals surface area contributed by atoms with Crippen LogP contribution in [-0.2, 0) is 0 Å². The highest BCUT2D eigenvalue weighted by Gasteiger charge is 2.43. The number of thiocarbonyl (C=S) groups is 1. The van der Waals surface area contributed by atoms with Gasteiger partial charge in [-0.05, 0) is 66.8 Å². The highest BCUT2D eigenvalue weighted by molar-refractivity contribution is 7.80. The summed E-state index contributed by atoms with van der Waals surface area (Å²) in [6.45, 7) is 0. The number of aromatic carboxylic acids is 1. The molecule has 36 heavy (non-hydrogen) atoms. The summed E-state index contributed by atoms with van der Waals surface area (Å²) < 4.78 is 13.1. The Morgan fingerprint density at radius 2 is 1.89 bits per heavy atom. The number of methoxy groups -OCH3 is 2. The third kappa shape index (κ3) is 4.14. The van der Waals surface area contributed by atoms with Crippen LogP contribution in [0, 0.1) is 0 Å². The normalized spacial score (nSPS) is 17.1. The quantitative estimate of drug-likeness (QED) is 0.351. The van der Waals surface area contributed by atoms with E-state index in [1.54, 1.807) is 38.6 Å². The van der Waals surface area contributed by atoms with Crippen LogP contribution >= 0.6 is 12.2 Å². The molecule has 0 aliphatic carbocycles. The van der Waals surface area contributed by atoms with Crippen molar-refractivity contribution in [1.29, 1.82) is 0 Å². The fourth-order valence-electron chi connectivity index (χ4n) is 4.56. The summed E-state index contributed by atoms with van der Waals surface area (Å²) in [5, 5.41) is 13.5. The molecule has 0 unspecified atom stereocenters. The average Bonchev–Trinajstić information content (AvgIpc) is 3.53. The van der Waals surface area contributed by atoms with E-state index in [9.17, 15) is 9.90 Å². The van der Waals surface area contributed by atoms with Gasteiger partial charge < -0.3 is 29.4 Å². The summed E-state index contributed by atoms with van der Waals surface area (Å²) in [5.74, 6) is 0.293. The van der Waals surface area contributed by atoms with Crippen molar-refractivity contribution in [3.63, 3.8) is 0 Å². The number of carboxylic acid groups (broad SMARTS) is 1. The molecule has 8 nitrogen and oxygen atoms in total. The van der Waals surface area contributed by atoms with Gasteiger partial charge in [-0.25, -0.2) is 4.79 Å². The molecule has 5 rings (SSSR count). The lowest BCUT2D eigenvalue weighted by Crippen LogP contribution is -2.30. The topological polar surface area (TPSA) is 88.9 Å². The first kappa shape index (κ1) is 23.4. The second-order valence-electron chi connectivity index (χ2n) is 8.19. The first-order valence-electron chi connectivity index (χ1n) is 11.3. The summed E-state index contributed by atoms with van der Waals surface area (Å²) in [4.78, 5) is 18.2. The molecule has 0 radical (unpaired) electrons. The molecule has 1 saturated heterocycles. The fourth-order valence-corrected chi connectivity index (χ4v) is 4.90. The lowest BCUT2D eigenvalue weighted by atomic mass is 10.0. The summed E-state index contributed by atoms with van der Waals surface area (Å²) >= 11 is 5.85. The Morgan fingerprint density at radius 1 is 1.03 bits per heavy atom. The van der Waals surface area contributed by atoms with Gasteiger partial charge in [0, 0.05) is 29.8 Å². The van der Waals surface area contributed by atoms with Crippen molar-refractivity contribution in [2.24, 2.45) is 0 Å². The van der Waals surface area contributed by atoms with Crippen molar-refractivity contribution >= 4 is 29.0 Å².